The lowest BCUT2D eigenvalue weighted by Gasteiger charge is -2.22. The van der Waals surface area contributed by atoms with Crippen LogP contribution in [0, 0.1) is 12.7 Å². The van der Waals surface area contributed by atoms with Gasteiger partial charge < -0.3 is 4.90 Å². The normalized spacial score (nSPS) is 13.1. The van der Waals surface area contributed by atoms with E-state index in [0.29, 0.717) is 0 Å². The van der Waals surface area contributed by atoms with Gasteiger partial charge in [-0.2, -0.15) is 0 Å². The molecule has 0 N–H and O–H groups in total. The van der Waals surface area contributed by atoms with E-state index in [1.807, 2.05) is 6.07 Å². The molecule has 3 aromatic rings. The number of anilines is 1. The van der Waals surface area contributed by atoms with Gasteiger partial charge in [0.05, 0.1) is 0 Å². The standard InChI is InChI=1S/C24H24FN/c1-18-8-10-19(11-9-18)12-13-21-5-3-6-22-14-15-26(24(21)22)17-20-4-2-7-23(25)16-20/h2-11,16H,12-15,17H2,1H3. The van der Waals surface area contributed by atoms with E-state index >= 15 is 0 Å². The summed E-state index contributed by atoms with van der Waals surface area (Å²) in [6, 6.07) is 22.4. The van der Waals surface area contributed by atoms with Gasteiger partial charge in [-0.25, -0.2) is 4.39 Å². The van der Waals surface area contributed by atoms with Crippen LogP contribution in [0.1, 0.15) is 27.8 Å². The van der Waals surface area contributed by atoms with Crippen molar-refractivity contribution in [3.8, 4) is 0 Å². The zero-order valence-electron chi connectivity index (χ0n) is 15.2. The molecule has 0 fully saturated rings. The summed E-state index contributed by atoms with van der Waals surface area (Å²) in [6.07, 6.45) is 3.15. The number of halogens is 1. The smallest absolute Gasteiger partial charge is 0.123 e. The number of nitrogens with zero attached hydrogens (tertiary/aromatic N) is 1. The molecular weight excluding hydrogens is 321 g/mol. The molecule has 4 rings (SSSR count). The summed E-state index contributed by atoms with van der Waals surface area (Å²) in [5.41, 5.74) is 7.90. The second-order valence-electron chi connectivity index (χ2n) is 7.21. The number of benzene rings is 3. The first-order chi connectivity index (χ1) is 12.7. The van der Waals surface area contributed by atoms with E-state index in [4.69, 9.17) is 0 Å². The van der Waals surface area contributed by atoms with Gasteiger partial charge in [0, 0.05) is 18.8 Å². The summed E-state index contributed by atoms with van der Waals surface area (Å²) < 4.78 is 13.5. The highest BCUT2D eigenvalue weighted by molar-refractivity contribution is 5.63. The van der Waals surface area contributed by atoms with Crippen molar-refractivity contribution in [2.75, 3.05) is 11.4 Å². The van der Waals surface area contributed by atoms with Crippen LogP contribution in [0.15, 0.2) is 66.7 Å². The molecule has 3 aromatic carbocycles. The predicted octanol–water partition coefficient (Wildman–Crippen LogP) is 5.48. The van der Waals surface area contributed by atoms with Crippen molar-refractivity contribution in [1.82, 2.24) is 0 Å². The Morgan fingerprint density at radius 1 is 0.885 bits per heavy atom. The van der Waals surface area contributed by atoms with Crippen LogP contribution in [0.4, 0.5) is 10.1 Å². The molecule has 0 radical (unpaired) electrons. The lowest BCUT2D eigenvalue weighted by atomic mass is 9.99. The number of rotatable bonds is 5. The first-order valence-electron chi connectivity index (χ1n) is 9.35. The molecule has 2 heteroatoms. The van der Waals surface area contributed by atoms with E-state index in [-0.39, 0.29) is 5.82 Å². The molecule has 1 aliphatic heterocycles. The fourth-order valence-electron chi connectivity index (χ4n) is 3.87. The number of hydrogen-bond donors (Lipinski definition) is 0. The number of para-hydroxylation sites is 1. The summed E-state index contributed by atoms with van der Waals surface area (Å²) in [4.78, 5) is 2.41. The van der Waals surface area contributed by atoms with Crippen molar-refractivity contribution in [2.45, 2.75) is 32.7 Å². The molecule has 26 heavy (non-hydrogen) atoms. The van der Waals surface area contributed by atoms with Crippen molar-refractivity contribution < 1.29 is 4.39 Å². The average molecular weight is 345 g/mol. The molecule has 1 heterocycles. The van der Waals surface area contributed by atoms with Crippen LogP contribution in [0.25, 0.3) is 0 Å². The van der Waals surface area contributed by atoms with E-state index < -0.39 is 0 Å². The van der Waals surface area contributed by atoms with E-state index in [0.717, 1.165) is 37.9 Å². The molecule has 0 aliphatic carbocycles. The molecule has 0 saturated carbocycles. The molecule has 0 saturated heterocycles. The third kappa shape index (κ3) is 3.65. The van der Waals surface area contributed by atoms with Crippen LogP contribution in [0.3, 0.4) is 0 Å². The zero-order valence-corrected chi connectivity index (χ0v) is 15.2. The largest absolute Gasteiger partial charge is 0.366 e. The molecule has 0 spiro atoms. The quantitative estimate of drug-likeness (QED) is 0.592. The van der Waals surface area contributed by atoms with Crippen LogP contribution in [0.2, 0.25) is 0 Å². The van der Waals surface area contributed by atoms with E-state index in [1.165, 1.54) is 34.0 Å². The maximum Gasteiger partial charge on any atom is 0.123 e. The number of fused-ring (bicyclic) bond motifs is 1. The second-order valence-corrected chi connectivity index (χ2v) is 7.21. The average Bonchev–Trinajstić information content (AvgIpc) is 3.05. The Bertz CT molecular complexity index is 898. The molecule has 0 aromatic heterocycles. The predicted molar refractivity (Wildman–Crippen MR) is 106 cm³/mol. The van der Waals surface area contributed by atoms with Gasteiger partial charge in [0.1, 0.15) is 5.82 Å². The van der Waals surface area contributed by atoms with E-state index in [1.54, 1.807) is 12.1 Å². The fourth-order valence-corrected chi connectivity index (χ4v) is 3.87. The SMILES string of the molecule is Cc1ccc(CCc2cccc3c2N(Cc2cccc(F)c2)CC3)cc1. The van der Waals surface area contributed by atoms with Gasteiger partial charge in [0.2, 0.25) is 0 Å². The zero-order chi connectivity index (χ0) is 17.9. The lowest BCUT2D eigenvalue weighted by molar-refractivity contribution is 0.624. The Kier molecular flexibility index (Phi) is 4.75. The summed E-state index contributed by atoms with van der Waals surface area (Å²) in [6.45, 7) is 3.90. The van der Waals surface area contributed by atoms with E-state index in [9.17, 15) is 4.39 Å². The highest BCUT2D eigenvalue weighted by Gasteiger charge is 2.22. The van der Waals surface area contributed by atoms with Crippen molar-refractivity contribution in [3.63, 3.8) is 0 Å². The summed E-state index contributed by atoms with van der Waals surface area (Å²) >= 11 is 0. The van der Waals surface area contributed by atoms with Crippen molar-refractivity contribution in [3.05, 3.63) is 100 Å². The van der Waals surface area contributed by atoms with Gasteiger partial charge >= 0.3 is 0 Å². The topological polar surface area (TPSA) is 3.24 Å². The van der Waals surface area contributed by atoms with Gasteiger partial charge in [0.25, 0.3) is 0 Å². The maximum absolute atomic E-state index is 13.5. The van der Waals surface area contributed by atoms with Crippen molar-refractivity contribution in [2.24, 2.45) is 0 Å². The first kappa shape index (κ1) is 16.8. The minimum Gasteiger partial charge on any atom is -0.366 e. The third-order valence-electron chi connectivity index (χ3n) is 5.24. The molecule has 0 amide bonds. The van der Waals surface area contributed by atoms with Crippen LogP contribution in [0.5, 0.6) is 0 Å². The van der Waals surface area contributed by atoms with Gasteiger partial charge in [-0.05, 0) is 60.6 Å². The molecule has 132 valence electrons. The Hall–Kier alpha value is -2.61. The highest BCUT2D eigenvalue weighted by atomic mass is 19.1. The van der Waals surface area contributed by atoms with Crippen LogP contribution in [-0.2, 0) is 25.8 Å². The van der Waals surface area contributed by atoms with Crippen molar-refractivity contribution >= 4 is 5.69 Å². The minimum absolute atomic E-state index is 0.158. The monoisotopic (exact) mass is 345 g/mol. The van der Waals surface area contributed by atoms with Gasteiger partial charge in [-0.1, -0.05) is 60.2 Å². The second kappa shape index (κ2) is 7.33. The van der Waals surface area contributed by atoms with Gasteiger partial charge in [0.15, 0.2) is 0 Å². The first-order valence-corrected chi connectivity index (χ1v) is 9.35. The van der Waals surface area contributed by atoms with Crippen LogP contribution in [-0.4, -0.2) is 6.54 Å². The minimum atomic E-state index is -0.158. The van der Waals surface area contributed by atoms with Crippen LogP contribution >= 0.6 is 0 Å². The third-order valence-corrected chi connectivity index (χ3v) is 5.24. The molecule has 1 nitrogen and oxygen atoms in total. The lowest BCUT2D eigenvalue weighted by Crippen LogP contribution is -2.21. The molecular formula is C24H24FN. The highest BCUT2D eigenvalue weighted by Crippen LogP contribution is 2.33. The Labute approximate surface area is 155 Å². The molecule has 0 unspecified atom stereocenters. The van der Waals surface area contributed by atoms with E-state index in [2.05, 4.69) is 54.3 Å². The molecule has 0 bridgehead atoms. The van der Waals surface area contributed by atoms with Gasteiger partial charge in [-0.15, -0.1) is 0 Å². The number of aryl methyl sites for hydroxylation is 3. The fraction of sp³-hybridized carbons (Fsp3) is 0.250. The van der Waals surface area contributed by atoms with Crippen molar-refractivity contribution in [1.29, 1.82) is 0 Å². The summed E-state index contributed by atoms with van der Waals surface area (Å²) in [7, 11) is 0. The van der Waals surface area contributed by atoms with Crippen LogP contribution < -0.4 is 4.90 Å². The Morgan fingerprint density at radius 3 is 2.50 bits per heavy atom. The van der Waals surface area contributed by atoms with Gasteiger partial charge in [-0.3, -0.25) is 0 Å². The summed E-state index contributed by atoms with van der Waals surface area (Å²) in [5, 5.41) is 0. The summed E-state index contributed by atoms with van der Waals surface area (Å²) in [5.74, 6) is -0.158. The Balaban J connectivity index is 1.54. The number of hydrogen-bond acceptors (Lipinski definition) is 1. The Morgan fingerprint density at radius 2 is 1.69 bits per heavy atom. The molecule has 1 aliphatic rings. The molecule has 0 atom stereocenters. The maximum atomic E-state index is 13.5.